The Labute approximate surface area is 243 Å². The lowest BCUT2D eigenvalue weighted by Crippen LogP contribution is -2.39. The molecule has 41 heavy (non-hydrogen) atoms. The lowest BCUT2D eigenvalue weighted by molar-refractivity contribution is 0.0919. The fourth-order valence-corrected chi connectivity index (χ4v) is 6.19. The second kappa shape index (κ2) is 12.0. The molecule has 1 aliphatic heterocycles. The number of carbonyl (C=O) groups is 1. The number of aryl methyl sites for hydroxylation is 1. The van der Waals surface area contributed by atoms with Gasteiger partial charge in [0.2, 0.25) is 0 Å². The molecular formula is C31H35ClN6O3. The van der Waals surface area contributed by atoms with Crippen molar-refractivity contribution in [2.24, 2.45) is 5.92 Å². The number of aromatic nitrogens is 4. The SMILES string of the molecule is Cc1ncc(Cl)cc1C(=O)NC1CCC(Cn2c(=O)n(-c3ccc(NCC4CCCO4)nc3)c3ccccc32)CC1. The molecule has 1 aliphatic carbocycles. The quantitative estimate of drug-likeness (QED) is 0.303. The monoisotopic (exact) mass is 574 g/mol. The maximum Gasteiger partial charge on any atom is 0.333 e. The number of para-hydroxylation sites is 2. The number of benzene rings is 1. The van der Waals surface area contributed by atoms with Crippen LogP contribution in [0, 0.1) is 12.8 Å². The van der Waals surface area contributed by atoms with Crippen molar-refractivity contribution >= 4 is 34.4 Å². The molecule has 2 aliphatic rings. The van der Waals surface area contributed by atoms with E-state index in [0.717, 1.165) is 74.2 Å². The van der Waals surface area contributed by atoms with E-state index < -0.39 is 0 Å². The summed E-state index contributed by atoms with van der Waals surface area (Å²) in [5.74, 6) is 0.978. The minimum atomic E-state index is -0.137. The van der Waals surface area contributed by atoms with Gasteiger partial charge in [0.25, 0.3) is 5.91 Å². The Balaban J connectivity index is 1.13. The van der Waals surface area contributed by atoms with Gasteiger partial charge in [-0.3, -0.25) is 18.9 Å². The van der Waals surface area contributed by atoms with Gasteiger partial charge in [0.05, 0.1) is 45.3 Å². The summed E-state index contributed by atoms with van der Waals surface area (Å²) in [5.41, 5.74) is 3.64. The van der Waals surface area contributed by atoms with Crippen molar-refractivity contribution < 1.29 is 9.53 Å². The molecule has 2 N–H and O–H groups in total. The molecule has 1 aromatic carbocycles. The molecule has 0 spiro atoms. The highest BCUT2D eigenvalue weighted by Gasteiger charge is 2.26. The summed E-state index contributed by atoms with van der Waals surface area (Å²) < 4.78 is 9.32. The van der Waals surface area contributed by atoms with Crippen LogP contribution < -0.4 is 16.3 Å². The smallest absolute Gasteiger partial charge is 0.333 e. The molecule has 4 heterocycles. The molecule has 0 radical (unpaired) electrons. The molecule has 1 saturated carbocycles. The van der Waals surface area contributed by atoms with E-state index in [4.69, 9.17) is 16.3 Å². The van der Waals surface area contributed by atoms with Gasteiger partial charge in [-0.05, 0) is 81.7 Å². The fourth-order valence-electron chi connectivity index (χ4n) is 6.03. The number of hydrogen-bond donors (Lipinski definition) is 2. The Morgan fingerprint density at radius 2 is 1.85 bits per heavy atom. The van der Waals surface area contributed by atoms with Crippen LogP contribution in [0.5, 0.6) is 0 Å². The summed E-state index contributed by atoms with van der Waals surface area (Å²) in [6, 6.07) is 13.5. The van der Waals surface area contributed by atoms with Gasteiger partial charge in [0, 0.05) is 31.9 Å². The van der Waals surface area contributed by atoms with Crippen LogP contribution in [0.15, 0.2) is 59.7 Å². The molecule has 10 heteroatoms. The van der Waals surface area contributed by atoms with Crippen molar-refractivity contribution in [2.75, 3.05) is 18.5 Å². The first kappa shape index (κ1) is 27.5. The van der Waals surface area contributed by atoms with E-state index in [1.165, 1.54) is 0 Å². The standard InChI is InChI=1S/C31H35ClN6O3/c1-20-26(15-22(32)16-33-20)30(39)36-23-10-8-21(9-11-23)19-37-27-6-2-3-7-28(27)38(31(37)40)24-12-13-29(34-17-24)35-18-25-5-4-14-41-25/h2-3,6-7,12-13,15-17,21,23,25H,4-5,8-11,14,18-19H2,1H3,(H,34,35)(H,36,39). The van der Waals surface area contributed by atoms with E-state index in [1.807, 2.05) is 47.9 Å². The van der Waals surface area contributed by atoms with Crippen LogP contribution in [-0.4, -0.2) is 50.3 Å². The predicted molar refractivity (Wildman–Crippen MR) is 160 cm³/mol. The molecule has 6 rings (SSSR count). The number of ether oxygens (including phenoxy) is 1. The number of rotatable bonds is 8. The third-order valence-corrected chi connectivity index (χ3v) is 8.50. The van der Waals surface area contributed by atoms with Crippen molar-refractivity contribution in [3.8, 4) is 5.69 Å². The Bertz CT molecular complexity index is 1580. The third kappa shape index (κ3) is 6.01. The van der Waals surface area contributed by atoms with Crippen LogP contribution >= 0.6 is 11.6 Å². The lowest BCUT2D eigenvalue weighted by atomic mass is 9.85. The first-order valence-electron chi connectivity index (χ1n) is 14.4. The molecule has 9 nitrogen and oxygen atoms in total. The summed E-state index contributed by atoms with van der Waals surface area (Å²) >= 11 is 6.05. The van der Waals surface area contributed by atoms with Gasteiger partial charge in [0.15, 0.2) is 0 Å². The number of nitrogens with one attached hydrogen (secondary N) is 2. The second-order valence-corrected chi connectivity index (χ2v) is 11.5. The molecule has 2 fully saturated rings. The minimum Gasteiger partial charge on any atom is -0.376 e. The Hall–Kier alpha value is -3.69. The summed E-state index contributed by atoms with van der Waals surface area (Å²) in [4.78, 5) is 35.4. The molecule has 1 unspecified atom stereocenters. The van der Waals surface area contributed by atoms with E-state index in [0.29, 0.717) is 28.7 Å². The zero-order valence-electron chi connectivity index (χ0n) is 23.2. The molecule has 4 aromatic rings. The Morgan fingerprint density at radius 3 is 2.59 bits per heavy atom. The van der Waals surface area contributed by atoms with Gasteiger partial charge in [-0.2, -0.15) is 0 Å². The topological polar surface area (TPSA) is 103 Å². The normalized spacial score (nSPS) is 20.8. The van der Waals surface area contributed by atoms with Gasteiger partial charge < -0.3 is 15.4 Å². The Kier molecular flexibility index (Phi) is 8.07. The van der Waals surface area contributed by atoms with Crippen molar-refractivity contribution in [2.45, 2.75) is 64.1 Å². The van der Waals surface area contributed by atoms with Crippen LogP contribution in [0.1, 0.15) is 54.6 Å². The number of carbonyl (C=O) groups excluding carboxylic acids is 1. The highest BCUT2D eigenvalue weighted by molar-refractivity contribution is 6.30. The summed E-state index contributed by atoms with van der Waals surface area (Å²) in [5, 5.41) is 6.95. The molecule has 0 bridgehead atoms. The largest absolute Gasteiger partial charge is 0.376 e. The Morgan fingerprint density at radius 1 is 1.05 bits per heavy atom. The highest BCUT2D eigenvalue weighted by atomic mass is 35.5. The molecule has 214 valence electrons. The average Bonchev–Trinajstić information content (AvgIpc) is 3.61. The molecule has 1 saturated heterocycles. The van der Waals surface area contributed by atoms with Crippen LogP contribution in [0.4, 0.5) is 5.82 Å². The number of hydrogen-bond acceptors (Lipinski definition) is 6. The highest BCUT2D eigenvalue weighted by Crippen LogP contribution is 2.28. The van der Waals surface area contributed by atoms with Crippen LogP contribution in [0.2, 0.25) is 5.02 Å². The number of fused-ring (bicyclic) bond motifs is 1. The van der Waals surface area contributed by atoms with E-state index in [9.17, 15) is 9.59 Å². The summed E-state index contributed by atoms with van der Waals surface area (Å²) in [6.45, 7) is 4.00. The fraction of sp³-hybridized carbons (Fsp3) is 0.419. The first-order chi connectivity index (χ1) is 20.0. The zero-order chi connectivity index (χ0) is 28.3. The van der Waals surface area contributed by atoms with E-state index in [-0.39, 0.29) is 23.7 Å². The maximum atomic E-state index is 13.8. The van der Waals surface area contributed by atoms with E-state index in [1.54, 1.807) is 23.0 Å². The summed E-state index contributed by atoms with van der Waals surface area (Å²) in [7, 11) is 0. The number of amides is 1. The molecule has 3 aromatic heterocycles. The van der Waals surface area contributed by atoms with Gasteiger partial charge in [-0.25, -0.2) is 9.78 Å². The van der Waals surface area contributed by atoms with Gasteiger partial charge in [-0.1, -0.05) is 23.7 Å². The second-order valence-electron chi connectivity index (χ2n) is 11.1. The number of anilines is 1. The van der Waals surface area contributed by atoms with Crippen LogP contribution in [0.25, 0.3) is 16.7 Å². The molecule has 1 amide bonds. The number of imidazole rings is 1. The average molecular weight is 575 g/mol. The van der Waals surface area contributed by atoms with Gasteiger partial charge >= 0.3 is 5.69 Å². The summed E-state index contributed by atoms with van der Waals surface area (Å²) in [6.07, 6.45) is 9.28. The zero-order valence-corrected chi connectivity index (χ0v) is 23.9. The van der Waals surface area contributed by atoms with E-state index >= 15 is 0 Å². The molecular weight excluding hydrogens is 540 g/mol. The van der Waals surface area contributed by atoms with Crippen LogP contribution in [-0.2, 0) is 11.3 Å². The van der Waals surface area contributed by atoms with Gasteiger partial charge in [-0.15, -0.1) is 0 Å². The third-order valence-electron chi connectivity index (χ3n) is 8.30. The van der Waals surface area contributed by atoms with Crippen molar-refractivity contribution in [1.82, 2.24) is 24.4 Å². The molecule has 1 atom stereocenters. The lowest BCUT2D eigenvalue weighted by Gasteiger charge is -2.29. The van der Waals surface area contributed by atoms with Crippen molar-refractivity contribution in [3.05, 3.63) is 81.6 Å². The van der Waals surface area contributed by atoms with Crippen LogP contribution in [0.3, 0.4) is 0 Å². The minimum absolute atomic E-state index is 0.0626. The first-order valence-corrected chi connectivity index (χ1v) is 14.8. The number of nitrogens with zero attached hydrogens (tertiary/aromatic N) is 4. The maximum absolute atomic E-state index is 13.8. The van der Waals surface area contributed by atoms with E-state index in [2.05, 4.69) is 20.6 Å². The number of halogens is 1. The predicted octanol–water partition coefficient (Wildman–Crippen LogP) is 5.12. The van der Waals surface area contributed by atoms with Crippen molar-refractivity contribution in [1.29, 1.82) is 0 Å². The van der Waals surface area contributed by atoms with Crippen molar-refractivity contribution in [3.63, 3.8) is 0 Å². The van der Waals surface area contributed by atoms with Gasteiger partial charge in [0.1, 0.15) is 5.82 Å². The number of pyridine rings is 2.